The van der Waals surface area contributed by atoms with Gasteiger partial charge in [-0.25, -0.2) is 14.8 Å². The number of likely N-dealkylation sites (tertiary alicyclic amines) is 1. The number of ether oxygens (including phenoxy) is 1. The molecule has 1 aromatic carbocycles. The van der Waals surface area contributed by atoms with Gasteiger partial charge < -0.3 is 20.1 Å². The molecule has 4 bridgehead atoms. The van der Waals surface area contributed by atoms with Gasteiger partial charge in [0.05, 0.1) is 12.1 Å². The summed E-state index contributed by atoms with van der Waals surface area (Å²) < 4.78 is 88.8. The molecule has 2 aliphatic heterocycles. The summed E-state index contributed by atoms with van der Waals surface area (Å²) in [6.45, 7) is -0.292. The molecule has 0 radical (unpaired) electrons. The molecule has 9 nitrogen and oxygen atoms in total. The number of carbonyl (C=O) groups is 2. The molecule has 50 heavy (non-hydrogen) atoms. The average molecular weight is 708 g/mol. The van der Waals surface area contributed by atoms with Crippen LogP contribution in [0.2, 0.25) is 0 Å². The maximum atomic E-state index is 14.7. The molecule has 1 saturated heterocycles. The van der Waals surface area contributed by atoms with Crippen LogP contribution in [0, 0.1) is 23.7 Å². The number of hydrogen-bond acceptors (Lipinski definition) is 7. The summed E-state index contributed by atoms with van der Waals surface area (Å²) in [4.78, 5) is 37.6. The van der Waals surface area contributed by atoms with Gasteiger partial charge in [0.25, 0.3) is 5.91 Å². The standard InChI is InChI=1S/C35H39F6N5O4/c36-33(37,38)18-45-8-5-24(16-45)50-23-3-4-27-26(14-23)32(6-1-2-7-32)17-46(27)31-42-15-25(28(43-31)35(39,40)41)29(47)44-34(30(48)49)21-10-19-9-20(12-21)13-22(34)11-19/h3-4,14-15,19-22,24H,1-2,5-13,16-18H2,(H,44,47)(H,48,49)/t19?,20?,21?,22?,24-,34?/m1/s1. The fourth-order valence-corrected chi connectivity index (χ4v) is 10.5. The Labute approximate surface area is 284 Å². The van der Waals surface area contributed by atoms with E-state index in [2.05, 4.69) is 15.3 Å². The number of amides is 1. The second-order valence-electron chi connectivity index (χ2n) is 15.5. The number of aromatic nitrogens is 2. The van der Waals surface area contributed by atoms with Gasteiger partial charge in [0.2, 0.25) is 5.95 Å². The largest absolute Gasteiger partial charge is 0.489 e. The van der Waals surface area contributed by atoms with Crippen molar-refractivity contribution >= 4 is 23.5 Å². The number of benzene rings is 1. The number of alkyl halides is 6. The van der Waals surface area contributed by atoms with E-state index in [-0.39, 0.29) is 30.9 Å². The van der Waals surface area contributed by atoms with Gasteiger partial charge in [0.15, 0.2) is 5.69 Å². The zero-order valence-electron chi connectivity index (χ0n) is 27.3. The van der Waals surface area contributed by atoms with E-state index in [1.165, 1.54) is 4.90 Å². The highest BCUT2D eigenvalue weighted by Gasteiger charge is 2.62. The molecule has 3 heterocycles. The van der Waals surface area contributed by atoms with E-state index in [0.717, 1.165) is 43.9 Å². The van der Waals surface area contributed by atoms with Gasteiger partial charge in [-0.15, -0.1) is 0 Å². The number of carboxylic acids is 1. The molecule has 1 spiro atoms. The van der Waals surface area contributed by atoms with Crippen molar-refractivity contribution in [2.45, 2.75) is 93.6 Å². The summed E-state index contributed by atoms with van der Waals surface area (Å²) in [7, 11) is 0. The van der Waals surface area contributed by atoms with Crippen LogP contribution >= 0.6 is 0 Å². The molecule has 15 heteroatoms. The molecule has 7 aliphatic rings. The maximum Gasteiger partial charge on any atom is 0.434 e. The van der Waals surface area contributed by atoms with E-state index in [1.807, 2.05) is 6.07 Å². The first-order valence-electron chi connectivity index (χ1n) is 17.5. The molecule has 1 aromatic heterocycles. The minimum Gasteiger partial charge on any atom is -0.489 e. The molecule has 2 aromatic rings. The number of rotatable bonds is 7. The topological polar surface area (TPSA) is 108 Å². The lowest BCUT2D eigenvalue weighted by Crippen LogP contribution is -2.70. The molecule has 9 rings (SSSR count). The van der Waals surface area contributed by atoms with Crippen LogP contribution in [0.3, 0.4) is 0 Å². The summed E-state index contributed by atoms with van der Waals surface area (Å²) >= 11 is 0. The second-order valence-corrected chi connectivity index (χ2v) is 15.5. The third-order valence-electron chi connectivity index (χ3n) is 12.4. The molecule has 1 amide bonds. The summed E-state index contributed by atoms with van der Waals surface area (Å²) in [6, 6.07) is 5.23. The molecule has 2 N–H and O–H groups in total. The van der Waals surface area contributed by atoms with Gasteiger partial charge in [-0.3, -0.25) is 9.69 Å². The highest BCUT2D eigenvalue weighted by molar-refractivity contribution is 5.99. The number of halogens is 6. The van der Waals surface area contributed by atoms with Gasteiger partial charge in [0.1, 0.15) is 17.4 Å². The minimum absolute atomic E-state index is 0.137. The zero-order chi connectivity index (χ0) is 35.2. The van der Waals surface area contributed by atoms with E-state index in [1.54, 1.807) is 17.0 Å². The van der Waals surface area contributed by atoms with Crippen molar-refractivity contribution in [2.24, 2.45) is 23.7 Å². The van der Waals surface area contributed by atoms with Crippen LogP contribution in [0.4, 0.5) is 38.0 Å². The number of hydrogen-bond donors (Lipinski definition) is 2. The highest BCUT2D eigenvalue weighted by Crippen LogP contribution is 2.59. The third kappa shape index (κ3) is 5.67. The number of nitrogens with one attached hydrogen (secondary N) is 1. The van der Waals surface area contributed by atoms with Crippen molar-refractivity contribution in [3.63, 3.8) is 0 Å². The van der Waals surface area contributed by atoms with Gasteiger partial charge in [-0.1, -0.05) is 12.8 Å². The van der Waals surface area contributed by atoms with Gasteiger partial charge in [-0.05, 0) is 98.8 Å². The lowest BCUT2D eigenvalue weighted by Gasteiger charge is -2.59. The Hall–Kier alpha value is -3.62. The summed E-state index contributed by atoms with van der Waals surface area (Å²) in [6.07, 6.45) is -1.55. The molecule has 1 atom stereocenters. The van der Waals surface area contributed by atoms with Crippen molar-refractivity contribution in [1.29, 1.82) is 0 Å². The van der Waals surface area contributed by atoms with E-state index < -0.39 is 59.1 Å². The molecular weight excluding hydrogens is 668 g/mol. The fourth-order valence-electron chi connectivity index (χ4n) is 10.5. The van der Waals surface area contributed by atoms with Crippen LogP contribution in [0.25, 0.3) is 0 Å². The first kappa shape index (κ1) is 33.5. The Morgan fingerprint density at radius 1 is 1.00 bits per heavy atom. The molecule has 5 saturated carbocycles. The van der Waals surface area contributed by atoms with Crippen molar-refractivity contribution in [3.8, 4) is 5.75 Å². The first-order valence-corrected chi connectivity index (χ1v) is 17.5. The quantitative estimate of drug-likeness (QED) is 0.315. The average Bonchev–Trinajstić information content (AvgIpc) is 3.77. The lowest BCUT2D eigenvalue weighted by atomic mass is 9.48. The third-order valence-corrected chi connectivity index (χ3v) is 12.4. The van der Waals surface area contributed by atoms with Gasteiger partial charge >= 0.3 is 18.3 Å². The van der Waals surface area contributed by atoms with Crippen LogP contribution in [-0.2, 0) is 16.4 Å². The van der Waals surface area contributed by atoms with E-state index in [9.17, 15) is 41.0 Å². The predicted octanol–water partition coefficient (Wildman–Crippen LogP) is 6.48. The Balaban J connectivity index is 1.07. The van der Waals surface area contributed by atoms with Gasteiger partial charge in [-0.2, -0.15) is 26.3 Å². The zero-order valence-corrected chi connectivity index (χ0v) is 27.3. The molecule has 5 aliphatic carbocycles. The van der Waals surface area contributed by atoms with Gasteiger partial charge in [0, 0.05) is 36.9 Å². The van der Waals surface area contributed by atoms with Crippen LogP contribution in [0.15, 0.2) is 24.4 Å². The number of fused-ring (bicyclic) bond motifs is 2. The summed E-state index contributed by atoms with van der Waals surface area (Å²) in [5.41, 5.74) is -2.81. The Bertz CT molecular complexity index is 1660. The number of carboxylic acid groups (broad SMARTS) is 1. The molecule has 0 unspecified atom stereocenters. The van der Waals surface area contributed by atoms with Crippen LogP contribution in [0.1, 0.15) is 85.8 Å². The molecule has 270 valence electrons. The summed E-state index contributed by atoms with van der Waals surface area (Å²) in [5.74, 6) is -2.04. The predicted molar refractivity (Wildman–Crippen MR) is 167 cm³/mol. The monoisotopic (exact) mass is 707 g/mol. The van der Waals surface area contributed by atoms with Crippen LogP contribution in [-0.4, -0.2) is 75.8 Å². The summed E-state index contributed by atoms with van der Waals surface area (Å²) in [5, 5.41) is 13.0. The fraction of sp³-hybridized carbons (Fsp3) is 0.657. The number of carbonyl (C=O) groups excluding carboxylic acids is 1. The highest BCUT2D eigenvalue weighted by atomic mass is 19.4. The smallest absolute Gasteiger partial charge is 0.434 e. The van der Waals surface area contributed by atoms with E-state index in [4.69, 9.17) is 4.74 Å². The Morgan fingerprint density at radius 2 is 1.68 bits per heavy atom. The SMILES string of the molecule is O=C(NC1(C(=O)O)C2CC3CC(C2)CC1C3)c1cnc(N2CC3(CCCC3)c3cc(O[C@@H]4CCN(CC(F)(F)F)C4)ccc32)nc1C(F)(F)F. The second kappa shape index (κ2) is 11.7. The molecular formula is C35H39F6N5O4. The van der Waals surface area contributed by atoms with Crippen molar-refractivity contribution < 1.29 is 45.8 Å². The van der Waals surface area contributed by atoms with Crippen molar-refractivity contribution in [1.82, 2.24) is 20.2 Å². The Morgan fingerprint density at radius 3 is 2.30 bits per heavy atom. The van der Waals surface area contributed by atoms with E-state index in [0.29, 0.717) is 61.9 Å². The normalized spacial score (nSPS) is 31.4. The first-order chi connectivity index (χ1) is 23.6. The number of anilines is 2. The number of aliphatic carboxylic acids is 1. The van der Waals surface area contributed by atoms with Crippen LogP contribution < -0.4 is 15.0 Å². The van der Waals surface area contributed by atoms with Crippen molar-refractivity contribution in [3.05, 3.63) is 41.2 Å². The molecule has 6 fully saturated rings. The van der Waals surface area contributed by atoms with E-state index >= 15 is 0 Å². The lowest BCUT2D eigenvalue weighted by molar-refractivity contribution is -0.163. The Kier molecular flexibility index (Phi) is 7.85. The van der Waals surface area contributed by atoms with Crippen molar-refractivity contribution in [2.75, 3.05) is 31.1 Å². The maximum absolute atomic E-state index is 14.7. The van der Waals surface area contributed by atoms with Crippen LogP contribution in [0.5, 0.6) is 5.75 Å². The minimum atomic E-state index is -5.03. The number of nitrogens with zero attached hydrogens (tertiary/aromatic N) is 4.